The Morgan fingerprint density at radius 3 is 2.50 bits per heavy atom. The molecule has 0 aliphatic rings. The highest BCUT2D eigenvalue weighted by atomic mass is 16.5. The lowest BCUT2D eigenvalue weighted by atomic mass is 10.2. The maximum Gasteiger partial charge on any atom is 0.276 e. The van der Waals surface area contributed by atoms with E-state index in [2.05, 4.69) is 21.0 Å². The number of hydrazine groups is 1. The van der Waals surface area contributed by atoms with Crippen molar-refractivity contribution in [3.8, 4) is 17.1 Å². The fraction of sp³-hybridized carbons (Fsp3) is 0.200. The number of carbonyl (C=O) groups excluding carboxylic acids is 2. The monoisotopic (exact) mass is 380 g/mol. The number of aromatic nitrogens is 2. The Hall–Kier alpha value is -3.68. The van der Waals surface area contributed by atoms with E-state index in [1.54, 1.807) is 6.07 Å². The van der Waals surface area contributed by atoms with Gasteiger partial charge in [-0.1, -0.05) is 53.7 Å². The van der Waals surface area contributed by atoms with Crippen molar-refractivity contribution >= 4 is 11.8 Å². The smallest absolute Gasteiger partial charge is 0.276 e. The molecule has 0 fully saturated rings. The molecule has 28 heavy (non-hydrogen) atoms. The number of hydrogen-bond acceptors (Lipinski definition) is 6. The van der Waals surface area contributed by atoms with Crippen LogP contribution in [0.2, 0.25) is 0 Å². The number of amides is 2. The van der Waals surface area contributed by atoms with Gasteiger partial charge in [0.25, 0.3) is 5.91 Å². The Morgan fingerprint density at radius 1 is 1.00 bits per heavy atom. The summed E-state index contributed by atoms with van der Waals surface area (Å²) < 4.78 is 10.6. The molecule has 3 aromatic rings. The van der Waals surface area contributed by atoms with Gasteiger partial charge in [-0.15, -0.1) is 0 Å². The van der Waals surface area contributed by atoms with Crippen molar-refractivity contribution < 1.29 is 18.8 Å². The molecule has 0 radical (unpaired) electrons. The van der Waals surface area contributed by atoms with Crippen molar-refractivity contribution in [1.82, 2.24) is 21.0 Å². The number of aryl methyl sites for hydroxylation is 2. The first-order valence-corrected chi connectivity index (χ1v) is 8.76. The van der Waals surface area contributed by atoms with Crippen molar-refractivity contribution in [1.29, 1.82) is 0 Å². The van der Waals surface area contributed by atoms with E-state index in [0.29, 0.717) is 17.5 Å². The number of nitrogens with one attached hydrogen (secondary N) is 2. The summed E-state index contributed by atoms with van der Waals surface area (Å²) in [6, 6.07) is 16.8. The van der Waals surface area contributed by atoms with Crippen LogP contribution in [0.4, 0.5) is 0 Å². The minimum atomic E-state index is -0.458. The molecule has 0 saturated heterocycles. The van der Waals surface area contributed by atoms with E-state index in [1.165, 1.54) is 0 Å². The summed E-state index contributed by atoms with van der Waals surface area (Å²) in [5.41, 5.74) is 6.40. The van der Waals surface area contributed by atoms with Crippen LogP contribution in [0.15, 0.2) is 59.1 Å². The molecule has 2 amide bonds. The van der Waals surface area contributed by atoms with Gasteiger partial charge in [0.05, 0.1) is 0 Å². The molecule has 1 aromatic heterocycles. The third kappa shape index (κ3) is 5.41. The van der Waals surface area contributed by atoms with E-state index < -0.39 is 5.91 Å². The quantitative estimate of drug-likeness (QED) is 0.609. The number of ether oxygens (including phenoxy) is 1. The van der Waals surface area contributed by atoms with Crippen molar-refractivity contribution in [3.63, 3.8) is 0 Å². The number of nitrogens with zero attached hydrogens (tertiary/aromatic N) is 2. The van der Waals surface area contributed by atoms with E-state index in [1.807, 2.05) is 55.5 Å². The second kappa shape index (κ2) is 9.31. The summed E-state index contributed by atoms with van der Waals surface area (Å²) in [7, 11) is 0. The summed E-state index contributed by atoms with van der Waals surface area (Å²) in [4.78, 5) is 27.9. The first-order valence-electron chi connectivity index (χ1n) is 8.76. The molecule has 0 aliphatic heterocycles. The third-order valence-electron chi connectivity index (χ3n) is 3.86. The number of carbonyl (C=O) groups is 2. The molecular weight excluding hydrogens is 360 g/mol. The van der Waals surface area contributed by atoms with Gasteiger partial charge in [-0.25, -0.2) is 0 Å². The summed E-state index contributed by atoms with van der Waals surface area (Å²) >= 11 is 0. The van der Waals surface area contributed by atoms with Gasteiger partial charge in [-0.2, -0.15) is 4.98 Å². The normalized spacial score (nSPS) is 10.3. The van der Waals surface area contributed by atoms with Gasteiger partial charge in [0.1, 0.15) is 5.75 Å². The Labute approximate surface area is 161 Å². The molecule has 0 unspecified atom stereocenters. The molecule has 144 valence electrons. The van der Waals surface area contributed by atoms with Gasteiger partial charge in [-0.05, 0) is 18.6 Å². The zero-order valence-corrected chi connectivity index (χ0v) is 15.3. The van der Waals surface area contributed by atoms with E-state index >= 15 is 0 Å². The highest BCUT2D eigenvalue weighted by Gasteiger charge is 2.11. The summed E-state index contributed by atoms with van der Waals surface area (Å²) in [5, 5.41) is 3.89. The van der Waals surface area contributed by atoms with Crippen LogP contribution >= 0.6 is 0 Å². The van der Waals surface area contributed by atoms with Crippen LogP contribution in [-0.2, 0) is 16.0 Å². The van der Waals surface area contributed by atoms with Crippen molar-refractivity contribution in [2.45, 2.75) is 19.8 Å². The van der Waals surface area contributed by atoms with Crippen LogP contribution < -0.4 is 15.6 Å². The lowest BCUT2D eigenvalue weighted by Gasteiger charge is -2.09. The molecule has 2 aromatic carbocycles. The van der Waals surface area contributed by atoms with Crippen molar-refractivity contribution in [2.24, 2.45) is 0 Å². The second-order valence-electron chi connectivity index (χ2n) is 6.03. The molecule has 8 heteroatoms. The molecular formula is C20H20N4O4. The highest BCUT2D eigenvalue weighted by molar-refractivity contribution is 5.82. The topological polar surface area (TPSA) is 106 Å². The number of benzene rings is 2. The van der Waals surface area contributed by atoms with Crippen LogP contribution in [0.25, 0.3) is 11.4 Å². The zero-order valence-electron chi connectivity index (χ0n) is 15.3. The van der Waals surface area contributed by atoms with Crippen LogP contribution in [0, 0.1) is 6.92 Å². The molecule has 0 bridgehead atoms. The molecule has 0 atom stereocenters. The van der Waals surface area contributed by atoms with Gasteiger partial charge in [0.15, 0.2) is 6.61 Å². The summed E-state index contributed by atoms with van der Waals surface area (Å²) in [6.07, 6.45) is 0.358. The maximum atomic E-state index is 11.9. The van der Waals surface area contributed by atoms with Gasteiger partial charge in [0, 0.05) is 18.4 Å². The molecule has 1 heterocycles. The molecule has 0 spiro atoms. The van der Waals surface area contributed by atoms with Crippen molar-refractivity contribution in [2.75, 3.05) is 6.61 Å². The highest BCUT2D eigenvalue weighted by Crippen LogP contribution is 2.16. The molecule has 0 saturated carbocycles. The van der Waals surface area contributed by atoms with E-state index in [9.17, 15) is 9.59 Å². The zero-order chi connectivity index (χ0) is 19.8. The predicted octanol–water partition coefficient (Wildman–Crippen LogP) is 2.20. The largest absolute Gasteiger partial charge is 0.483 e. The molecule has 8 nitrogen and oxygen atoms in total. The van der Waals surface area contributed by atoms with Gasteiger partial charge in [0.2, 0.25) is 17.6 Å². The minimum Gasteiger partial charge on any atom is -0.483 e. The molecule has 2 N–H and O–H groups in total. The minimum absolute atomic E-state index is 0.0926. The Morgan fingerprint density at radius 2 is 1.71 bits per heavy atom. The van der Waals surface area contributed by atoms with E-state index in [-0.39, 0.29) is 25.4 Å². The van der Waals surface area contributed by atoms with Crippen LogP contribution in [-0.4, -0.2) is 28.6 Å². The first-order chi connectivity index (χ1) is 13.6. The number of para-hydroxylation sites is 1. The molecule has 0 aliphatic carbocycles. The lowest BCUT2D eigenvalue weighted by Crippen LogP contribution is -2.43. The van der Waals surface area contributed by atoms with Gasteiger partial charge in [-0.3, -0.25) is 20.4 Å². The average molecular weight is 380 g/mol. The Bertz CT molecular complexity index is 940. The van der Waals surface area contributed by atoms with E-state index in [4.69, 9.17) is 9.26 Å². The van der Waals surface area contributed by atoms with Crippen LogP contribution in [0.5, 0.6) is 5.75 Å². The van der Waals surface area contributed by atoms with E-state index in [0.717, 1.165) is 11.1 Å². The van der Waals surface area contributed by atoms with Crippen LogP contribution in [0.1, 0.15) is 17.9 Å². The fourth-order valence-corrected chi connectivity index (χ4v) is 2.38. The van der Waals surface area contributed by atoms with Crippen LogP contribution in [0.3, 0.4) is 0 Å². The van der Waals surface area contributed by atoms with Gasteiger partial charge < -0.3 is 9.26 Å². The number of hydrogen-bond donors (Lipinski definition) is 2. The standard InChI is InChI=1S/C20H20N4O4/c1-14-7-5-6-10-16(14)27-13-18(26)23-22-17(25)11-12-19-21-20(24-28-19)15-8-3-2-4-9-15/h2-10H,11-13H2,1H3,(H,22,25)(H,23,26). The average Bonchev–Trinajstić information content (AvgIpc) is 3.20. The lowest BCUT2D eigenvalue weighted by molar-refractivity contribution is -0.130. The predicted molar refractivity (Wildman–Crippen MR) is 101 cm³/mol. The first kappa shape index (κ1) is 19.1. The Kier molecular flexibility index (Phi) is 6.35. The number of rotatable bonds is 7. The van der Waals surface area contributed by atoms with Gasteiger partial charge >= 0.3 is 0 Å². The summed E-state index contributed by atoms with van der Waals surface area (Å²) in [5.74, 6) is 0.611. The molecule has 3 rings (SSSR count). The SMILES string of the molecule is Cc1ccccc1OCC(=O)NNC(=O)CCc1nc(-c2ccccc2)no1. The Balaban J connectivity index is 1.38. The maximum absolute atomic E-state index is 11.9. The fourth-order valence-electron chi connectivity index (χ4n) is 2.38. The second-order valence-corrected chi connectivity index (χ2v) is 6.03. The van der Waals surface area contributed by atoms with Crippen molar-refractivity contribution in [3.05, 3.63) is 66.1 Å². The third-order valence-corrected chi connectivity index (χ3v) is 3.86. The summed E-state index contributed by atoms with van der Waals surface area (Å²) in [6.45, 7) is 1.69.